The highest BCUT2D eigenvalue weighted by Gasteiger charge is 2.37. The lowest BCUT2D eigenvalue weighted by atomic mass is 9.94. The first-order valence-electron chi connectivity index (χ1n) is 9.62. The van der Waals surface area contributed by atoms with Gasteiger partial charge in [0.25, 0.3) is 5.91 Å². The highest BCUT2D eigenvalue weighted by atomic mass is 32.1. The number of methoxy groups -OCH3 is 1. The molecule has 0 radical (unpaired) electrons. The molecule has 2 aromatic carbocycles. The van der Waals surface area contributed by atoms with Crippen LogP contribution in [0.4, 0.5) is 0 Å². The minimum Gasteiger partial charge on any atom is -0.465 e. The molecule has 3 aromatic rings. The summed E-state index contributed by atoms with van der Waals surface area (Å²) in [6.45, 7) is 1.34. The third-order valence-electron chi connectivity index (χ3n) is 5.45. The number of rotatable bonds is 5. The molecule has 0 fully saturated rings. The van der Waals surface area contributed by atoms with Crippen molar-refractivity contribution in [3.63, 3.8) is 0 Å². The van der Waals surface area contributed by atoms with Gasteiger partial charge in [0.1, 0.15) is 11.6 Å². The maximum atomic E-state index is 12.9. The fourth-order valence-electron chi connectivity index (χ4n) is 3.85. The van der Waals surface area contributed by atoms with Crippen LogP contribution in [0.15, 0.2) is 48.5 Å². The molecule has 6 nitrogen and oxygen atoms in total. The number of quaternary nitrogens is 1. The minimum atomic E-state index is -0.366. The number of nitrogens with one attached hydrogen (secondary N) is 1. The number of thiazole rings is 1. The van der Waals surface area contributed by atoms with Crippen molar-refractivity contribution in [2.75, 3.05) is 20.7 Å². The van der Waals surface area contributed by atoms with Crippen molar-refractivity contribution in [1.82, 2.24) is 9.88 Å². The molecule has 2 atom stereocenters. The lowest BCUT2D eigenvalue weighted by Crippen LogP contribution is -3.17. The highest BCUT2D eigenvalue weighted by Crippen LogP contribution is 2.22. The van der Waals surface area contributed by atoms with Gasteiger partial charge in [-0.3, -0.25) is 4.79 Å². The molecule has 2 heterocycles. The SMILES string of the molecule is COC(=O)[C@@H]1Cc2ccccc2C[NH+]1CC(=O)N(C)Cc1nc2ccccc2s1. The Bertz CT molecular complexity index is 1020. The Balaban J connectivity index is 1.47. The number of benzene rings is 2. The number of hydrogen-bond acceptors (Lipinski definition) is 5. The average Bonchev–Trinajstić information content (AvgIpc) is 3.14. The zero-order valence-corrected chi connectivity index (χ0v) is 17.4. The first kappa shape index (κ1) is 19.5. The van der Waals surface area contributed by atoms with Gasteiger partial charge in [-0.1, -0.05) is 36.4 Å². The van der Waals surface area contributed by atoms with Crippen LogP contribution in [-0.4, -0.2) is 48.5 Å². The fourth-order valence-corrected chi connectivity index (χ4v) is 4.87. The molecule has 0 saturated heterocycles. The van der Waals surface area contributed by atoms with Crippen LogP contribution in [0.2, 0.25) is 0 Å². The summed E-state index contributed by atoms with van der Waals surface area (Å²) < 4.78 is 6.13. The smallest absolute Gasteiger partial charge is 0.365 e. The van der Waals surface area contributed by atoms with Crippen molar-refractivity contribution in [3.05, 3.63) is 64.7 Å². The van der Waals surface area contributed by atoms with Gasteiger partial charge in [0, 0.05) is 19.0 Å². The number of likely N-dealkylation sites (N-methyl/N-ethyl adjacent to an activating group) is 1. The molecular formula is C22H24N3O3S+. The third kappa shape index (κ3) is 4.16. The monoisotopic (exact) mass is 410 g/mol. The van der Waals surface area contributed by atoms with E-state index in [2.05, 4.69) is 11.1 Å². The Kier molecular flexibility index (Phi) is 5.60. The van der Waals surface area contributed by atoms with Crippen molar-refractivity contribution in [3.8, 4) is 0 Å². The van der Waals surface area contributed by atoms with E-state index in [1.807, 2.05) is 42.5 Å². The van der Waals surface area contributed by atoms with E-state index in [9.17, 15) is 9.59 Å². The first-order chi connectivity index (χ1) is 14.0. The molecule has 1 amide bonds. The van der Waals surface area contributed by atoms with Gasteiger partial charge in [-0.2, -0.15) is 0 Å². The van der Waals surface area contributed by atoms with Crippen LogP contribution in [0, 0.1) is 0 Å². The number of amides is 1. The summed E-state index contributed by atoms with van der Waals surface area (Å²) in [6.07, 6.45) is 0.590. The van der Waals surface area contributed by atoms with E-state index < -0.39 is 0 Å². The molecule has 0 saturated carbocycles. The van der Waals surface area contributed by atoms with Crippen LogP contribution in [0.3, 0.4) is 0 Å². The number of esters is 1. The molecule has 7 heteroatoms. The predicted octanol–water partition coefficient (Wildman–Crippen LogP) is 1.44. The largest absolute Gasteiger partial charge is 0.465 e. The zero-order chi connectivity index (χ0) is 20.4. The van der Waals surface area contributed by atoms with Gasteiger partial charge in [-0.05, 0) is 17.7 Å². The molecule has 0 bridgehead atoms. The summed E-state index contributed by atoms with van der Waals surface area (Å²) in [5.74, 6) is -0.274. The summed E-state index contributed by atoms with van der Waals surface area (Å²) in [5.41, 5.74) is 3.29. The molecule has 29 heavy (non-hydrogen) atoms. The second-order valence-corrected chi connectivity index (χ2v) is 8.50. The Morgan fingerprint density at radius 1 is 1.17 bits per heavy atom. The number of ether oxygens (including phenoxy) is 1. The van der Waals surface area contributed by atoms with Crippen molar-refractivity contribution in [1.29, 1.82) is 0 Å². The number of carbonyl (C=O) groups excluding carboxylic acids is 2. The third-order valence-corrected chi connectivity index (χ3v) is 6.47. The molecule has 150 valence electrons. The van der Waals surface area contributed by atoms with Crippen LogP contribution in [0.25, 0.3) is 10.2 Å². The Hall–Kier alpha value is -2.77. The van der Waals surface area contributed by atoms with Crippen LogP contribution in [0.5, 0.6) is 0 Å². The number of nitrogens with zero attached hydrogens (tertiary/aromatic N) is 2. The Morgan fingerprint density at radius 2 is 1.90 bits per heavy atom. The van der Waals surface area contributed by atoms with Crippen molar-refractivity contribution in [2.24, 2.45) is 0 Å². The number of hydrogen-bond donors (Lipinski definition) is 1. The molecule has 1 aliphatic heterocycles. The van der Waals surface area contributed by atoms with Gasteiger partial charge in [-0.15, -0.1) is 11.3 Å². The number of carbonyl (C=O) groups is 2. The first-order valence-corrected chi connectivity index (χ1v) is 10.4. The van der Waals surface area contributed by atoms with E-state index in [-0.39, 0.29) is 24.5 Å². The van der Waals surface area contributed by atoms with Gasteiger partial charge in [0.2, 0.25) is 0 Å². The van der Waals surface area contributed by atoms with E-state index in [1.54, 1.807) is 23.3 Å². The van der Waals surface area contributed by atoms with Crippen molar-refractivity contribution in [2.45, 2.75) is 25.6 Å². The summed E-state index contributed by atoms with van der Waals surface area (Å²) in [7, 11) is 3.19. The van der Waals surface area contributed by atoms with E-state index in [0.717, 1.165) is 25.7 Å². The quantitative estimate of drug-likeness (QED) is 0.647. The summed E-state index contributed by atoms with van der Waals surface area (Å²) in [6, 6.07) is 15.7. The Labute approximate surface area is 173 Å². The van der Waals surface area contributed by atoms with Gasteiger partial charge in [-0.25, -0.2) is 9.78 Å². The summed E-state index contributed by atoms with van der Waals surface area (Å²) in [4.78, 5) is 32.5. The van der Waals surface area contributed by atoms with Gasteiger partial charge in [0.05, 0.1) is 23.9 Å². The van der Waals surface area contributed by atoms with Crippen LogP contribution >= 0.6 is 11.3 Å². The van der Waals surface area contributed by atoms with Gasteiger partial charge >= 0.3 is 5.97 Å². The van der Waals surface area contributed by atoms with Crippen LogP contribution < -0.4 is 4.90 Å². The topological polar surface area (TPSA) is 63.9 Å². The van der Waals surface area contributed by atoms with Crippen molar-refractivity contribution < 1.29 is 19.2 Å². The lowest BCUT2D eigenvalue weighted by molar-refractivity contribution is -0.925. The summed E-state index contributed by atoms with van der Waals surface area (Å²) >= 11 is 1.60. The summed E-state index contributed by atoms with van der Waals surface area (Å²) in [5, 5.41) is 0.908. The standard InChI is InChI=1S/C22H23N3O3S/c1-24(13-20-23-17-9-5-6-10-19(17)29-20)21(26)14-25-12-16-8-4-3-7-15(16)11-18(25)22(27)28-2/h3-10,18H,11-14H2,1-2H3/p+1/t18-/m0/s1. The number of para-hydroxylation sites is 1. The number of aromatic nitrogens is 1. The van der Waals surface area contributed by atoms with Gasteiger partial charge < -0.3 is 14.5 Å². The molecule has 0 aliphatic carbocycles. The maximum absolute atomic E-state index is 12.9. The van der Waals surface area contributed by atoms with E-state index in [1.165, 1.54) is 12.7 Å². The fraction of sp³-hybridized carbons (Fsp3) is 0.318. The second-order valence-electron chi connectivity index (χ2n) is 7.39. The van der Waals surface area contributed by atoms with Crippen LogP contribution in [-0.2, 0) is 33.8 Å². The highest BCUT2D eigenvalue weighted by molar-refractivity contribution is 7.18. The van der Waals surface area contributed by atoms with Gasteiger partial charge in [0.15, 0.2) is 12.6 Å². The number of fused-ring (bicyclic) bond motifs is 2. The van der Waals surface area contributed by atoms with Crippen molar-refractivity contribution >= 4 is 33.4 Å². The maximum Gasteiger partial charge on any atom is 0.365 e. The second kappa shape index (κ2) is 8.31. The normalized spacial score (nSPS) is 18.3. The van der Waals surface area contributed by atoms with E-state index >= 15 is 0 Å². The van der Waals surface area contributed by atoms with E-state index in [4.69, 9.17) is 4.74 Å². The lowest BCUT2D eigenvalue weighted by Gasteiger charge is -2.32. The molecule has 1 aliphatic rings. The predicted molar refractivity (Wildman–Crippen MR) is 112 cm³/mol. The molecule has 4 rings (SSSR count). The molecule has 1 aromatic heterocycles. The molecule has 1 N–H and O–H groups in total. The Morgan fingerprint density at radius 3 is 2.66 bits per heavy atom. The van der Waals surface area contributed by atoms with Crippen LogP contribution in [0.1, 0.15) is 16.1 Å². The molecule has 0 spiro atoms. The van der Waals surface area contributed by atoms with E-state index in [0.29, 0.717) is 19.5 Å². The molecular weight excluding hydrogens is 386 g/mol. The zero-order valence-electron chi connectivity index (χ0n) is 16.6. The minimum absolute atomic E-state index is 0.00691. The average molecular weight is 411 g/mol. The molecule has 1 unspecified atom stereocenters.